The van der Waals surface area contributed by atoms with Gasteiger partial charge in [-0.2, -0.15) is 0 Å². The zero-order valence-corrected chi connectivity index (χ0v) is 9.76. The molecule has 2 aromatic carbocycles. The zero-order valence-electron chi connectivity index (χ0n) is 8.60. The minimum Gasteiger partial charge on any atom is -0.496 e. The molecule has 0 aromatic heterocycles. The van der Waals surface area contributed by atoms with E-state index in [1.165, 1.54) is 10.9 Å². The van der Waals surface area contributed by atoms with Crippen LogP contribution in [-0.4, -0.2) is 7.11 Å². The van der Waals surface area contributed by atoms with E-state index in [1.54, 1.807) is 7.11 Å². The predicted octanol–water partition coefficient (Wildman–Crippen LogP) is 2.86. The quantitative estimate of drug-likeness (QED) is 0.701. The van der Waals surface area contributed by atoms with E-state index < -0.39 is 0 Å². The van der Waals surface area contributed by atoms with E-state index in [4.69, 9.17) is 4.74 Å². The van der Waals surface area contributed by atoms with Crippen LogP contribution in [0.5, 0.6) is 5.75 Å². The first-order chi connectivity index (χ1) is 7.31. The molecule has 1 nitrogen and oxygen atoms in total. The first-order valence-corrected chi connectivity index (χ1v) is 5.38. The molecule has 15 heavy (non-hydrogen) atoms. The highest BCUT2D eigenvalue weighted by Crippen LogP contribution is 2.28. The van der Waals surface area contributed by atoms with Gasteiger partial charge in [0.15, 0.2) is 0 Å². The van der Waals surface area contributed by atoms with Crippen LogP contribution in [0.4, 0.5) is 0 Å². The number of methoxy groups -OCH3 is 1. The number of hydrogen-bond acceptors (Lipinski definition) is 1. The first kappa shape index (κ1) is 10.2. The summed E-state index contributed by atoms with van der Waals surface area (Å²) in [6, 6.07) is 16.4. The Labute approximate surface area is 92.3 Å². The molecule has 0 spiro atoms. The van der Waals surface area contributed by atoms with Gasteiger partial charge >= 0.3 is 0 Å². The Kier molecular flexibility index (Phi) is 3.03. The van der Waals surface area contributed by atoms with Crippen LogP contribution in [0, 0.1) is 0 Å². The average molecular weight is 216 g/mol. The molecule has 2 aromatic rings. The van der Waals surface area contributed by atoms with Crippen molar-refractivity contribution in [1.82, 2.24) is 0 Å². The molecule has 0 aliphatic carbocycles. The molecule has 0 heterocycles. The van der Waals surface area contributed by atoms with E-state index in [2.05, 4.69) is 33.5 Å². The third-order valence-corrected chi connectivity index (χ3v) is 2.66. The summed E-state index contributed by atoms with van der Waals surface area (Å²) in [7, 11) is 4.40. The molecule has 0 bridgehead atoms. The van der Waals surface area contributed by atoms with Gasteiger partial charge in [0.1, 0.15) is 5.75 Å². The fourth-order valence-electron chi connectivity index (χ4n) is 1.59. The minimum atomic E-state index is 0.910. The van der Waals surface area contributed by atoms with Gasteiger partial charge in [-0.25, -0.2) is 0 Å². The molecule has 0 N–H and O–H groups in total. The van der Waals surface area contributed by atoms with Crippen molar-refractivity contribution in [1.29, 1.82) is 0 Å². The van der Waals surface area contributed by atoms with Crippen molar-refractivity contribution in [2.24, 2.45) is 0 Å². The van der Waals surface area contributed by atoms with E-state index >= 15 is 0 Å². The van der Waals surface area contributed by atoms with Crippen LogP contribution in [0.15, 0.2) is 48.5 Å². The second-order valence-corrected chi connectivity index (χ2v) is 3.99. The third kappa shape index (κ3) is 2.19. The number of para-hydroxylation sites is 1. The number of benzene rings is 2. The maximum Gasteiger partial charge on any atom is 0.126 e. The van der Waals surface area contributed by atoms with E-state index in [1.807, 2.05) is 24.3 Å². The zero-order chi connectivity index (χ0) is 10.7. The summed E-state index contributed by atoms with van der Waals surface area (Å²) < 4.78 is 5.33. The molecule has 1 atom stereocenters. The fraction of sp³-hybridized carbons (Fsp3) is 0.0769. The molecule has 2 rings (SSSR count). The van der Waals surface area contributed by atoms with Crippen LogP contribution in [0.2, 0.25) is 0 Å². The van der Waals surface area contributed by atoms with Crippen molar-refractivity contribution >= 4 is 14.5 Å². The van der Waals surface area contributed by atoms with Crippen molar-refractivity contribution in [3.63, 3.8) is 0 Å². The highest BCUT2D eigenvalue weighted by atomic mass is 31.0. The molecule has 0 amide bonds. The van der Waals surface area contributed by atoms with E-state index in [0.717, 1.165) is 11.3 Å². The van der Waals surface area contributed by atoms with Crippen molar-refractivity contribution in [3.8, 4) is 16.9 Å². The van der Waals surface area contributed by atoms with E-state index in [-0.39, 0.29) is 0 Å². The predicted molar refractivity (Wildman–Crippen MR) is 67.8 cm³/mol. The SMILES string of the molecule is COc1ccccc1-c1cccc(P)c1. The van der Waals surface area contributed by atoms with Gasteiger partial charge in [0, 0.05) is 5.56 Å². The summed E-state index contributed by atoms with van der Waals surface area (Å²) in [5, 5.41) is 1.18. The highest BCUT2D eigenvalue weighted by Gasteiger charge is 2.03. The maximum absolute atomic E-state index is 5.33. The van der Waals surface area contributed by atoms with Gasteiger partial charge in [-0.05, 0) is 23.0 Å². The van der Waals surface area contributed by atoms with Gasteiger partial charge in [-0.1, -0.05) is 36.4 Å². The lowest BCUT2D eigenvalue weighted by molar-refractivity contribution is 0.416. The average Bonchev–Trinajstić information content (AvgIpc) is 2.29. The third-order valence-electron chi connectivity index (χ3n) is 2.30. The van der Waals surface area contributed by atoms with Crippen molar-refractivity contribution in [2.45, 2.75) is 0 Å². The Balaban J connectivity index is 2.53. The van der Waals surface area contributed by atoms with Crippen molar-refractivity contribution in [2.75, 3.05) is 7.11 Å². The molecular formula is C13H13OP. The number of hydrogen-bond donors (Lipinski definition) is 0. The molecule has 0 aliphatic heterocycles. The van der Waals surface area contributed by atoms with Crippen molar-refractivity contribution < 1.29 is 4.74 Å². The van der Waals surface area contributed by atoms with E-state index in [9.17, 15) is 0 Å². The van der Waals surface area contributed by atoms with Crippen LogP contribution >= 0.6 is 9.24 Å². The van der Waals surface area contributed by atoms with Gasteiger partial charge in [0.25, 0.3) is 0 Å². The second kappa shape index (κ2) is 4.46. The monoisotopic (exact) mass is 216 g/mol. The highest BCUT2D eigenvalue weighted by molar-refractivity contribution is 7.27. The largest absolute Gasteiger partial charge is 0.496 e. The van der Waals surface area contributed by atoms with Gasteiger partial charge < -0.3 is 4.74 Å². The molecule has 0 saturated carbocycles. The molecular weight excluding hydrogens is 203 g/mol. The van der Waals surface area contributed by atoms with Crippen LogP contribution < -0.4 is 10.0 Å². The minimum absolute atomic E-state index is 0.910. The Morgan fingerprint density at radius 3 is 2.53 bits per heavy atom. The summed E-state index contributed by atoms with van der Waals surface area (Å²) in [4.78, 5) is 0. The molecule has 76 valence electrons. The van der Waals surface area contributed by atoms with Gasteiger partial charge in [0.2, 0.25) is 0 Å². The topological polar surface area (TPSA) is 9.23 Å². The van der Waals surface area contributed by atoms with Crippen LogP contribution in [0.1, 0.15) is 0 Å². The van der Waals surface area contributed by atoms with Crippen LogP contribution in [-0.2, 0) is 0 Å². The van der Waals surface area contributed by atoms with Gasteiger partial charge in [0.05, 0.1) is 7.11 Å². The fourth-order valence-corrected chi connectivity index (χ4v) is 1.88. The maximum atomic E-state index is 5.33. The first-order valence-electron chi connectivity index (χ1n) is 4.80. The molecule has 2 heteroatoms. The van der Waals surface area contributed by atoms with Crippen LogP contribution in [0.3, 0.4) is 0 Å². The van der Waals surface area contributed by atoms with Gasteiger partial charge in [-0.15, -0.1) is 9.24 Å². The van der Waals surface area contributed by atoms with Gasteiger partial charge in [-0.3, -0.25) is 0 Å². The molecule has 1 unspecified atom stereocenters. The summed E-state index contributed by atoms with van der Waals surface area (Å²) in [6.07, 6.45) is 0. The summed E-state index contributed by atoms with van der Waals surface area (Å²) in [5.74, 6) is 0.910. The molecule has 0 fully saturated rings. The molecule has 0 radical (unpaired) electrons. The smallest absolute Gasteiger partial charge is 0.126 e. The Morgan fingerprint density at radius 1 is 1.00 bits per heavy atom. The summed E-state index contributed by atoms with van der Waals surface area (Å²) in [5.41, 5.74) is 2.31. The molecule has 0 aliphatic rings. The normalized spacial score (nSPS) is 10.0. The van der Waals surface area contributed by atoms with Crippen LogP contribution in [0.25, 0.3) is 11.1 Å². The Hall–Kier alpha value is -1.33. The number of ether oxygens (including phenoxy) is 1. The lowest BCUT2D eigenvalue weighted by Gasteiger charge is -2.08. The lowest BCUT2D eigenvalue weighted by atomic mass is 10.1. The van der Waals surface area contributed by atoms with Crippen molar-refractivity contribution in [3.05, 3.63) is 48.5 Å². The second-order valence-electron chi connectivity index (χ2n) is 3.33. The lowest BCUT2D eigenvalue weighted by Crippen LogP contribution is -1.92. The summed E-state index contributed by atoms with van der Waals surface area (Å²) in [6.45, 7) is 0. The van der Waals surface area contributed by atoms with E-state index in [0.29, 0.717) is 0 Å². The number of rotatable bonds is 2. The molecule has 0 saturated heterocycles. The Bertz CT molecular complexity index is 466. The Morgan fingerprint density at radius 2 is 1.80 bits per heavy atom. The summed E-state index contributed by atoms with van der Waals surface area (Å²) >= 11 is 0. The standard InChI is InChI=1S/C13H13OP/c1-14-13-8-3-2-7-12(13)10-5-4-6-11(15)9-10/h2-9H,15H2,1H3.